The number of carbonyl (C=O) groups is 2. The van der Waals surface area contributed by atoms with Gasteiger partial charge in [0.05, 0.1) is 18.7 Å². The molecule has 35 heavy (non-hydrogen) atoms. The number of rotatable bonds is 4. The van der Waals surface area contributed by atoms with Crippen molar-refractivity contribution in [1.29, 1.82) is 0 Å². The molecule has 1 amide bonds. The van der Waals surface area contributed by atoms with Crippen LogP contribution < -0.4 is 19.1 Å². The van der Waals surface area contributed by atoms with Crippen LogP contribution in [0.5, 0.6) is 17.2 Å². The topological polar surface area (TPSA) is 85.3 Å². The number of methoxy groups -OCH3 is 1. The number of Topliss-reactive ketones (excluding diaryl/α,β-unsaturated/α-hetero) is 1. The number of hydrogen-bond acceptors (Lipinski definition) is 6. The molecule has 3 aromatic rings. The summed E-state index contributed by atoms with van der Waals surface area (Å²) in [6, 6.07) is 17.0. The first-order chi connectivity index (χ1) is 16.9. The Kier molecular flexibility index (Phi) is 5.68. The zero-order valence-corrected chi connectivity index (χ0v) is 19.7. The van der Waals surface area contributed by atoms with Crippen LogP contribution in [0.1, 0.15) is 28.3 Å². The van der Waals surface area contributed by atoms with Crippen molar-refractivity contribution in [2.75, 3.05) is 25.2 Å². The Balaban J connectivity index is 1.71. The van der Waals surface area contributed by atoms with Gasteiger partial charge in [0, 0.05) is 11.3 Å². The van der Waals surface area contributed by atoms with Gasteiger partial charge in [0.15, 0.2) is 11.5 Å². The summed E-state index contributed by atoms with van der Waals surface area (Å²) < 4.78 is 16.5. The van der Waals surface area contributed by atoms with E-state index < -0.39 is 17.7 Å². The highest BCUT2D eigenvalue weighted by Crippen LogP contribution is 2.44. The monoisotopic (exact) mass is 471 g/mol. The summed E-state index contributed by atoms with van der Waals surface area (Å²) in [5, 5.41) is 11.4. The number of aliphatic hydroxyl groups is 1. The zero-order valence-electron chi connectivity index (χ0n) is 19.7. The lowest BCUT2D eigenvalue weighted by Gasteiger charge is -2.27. The lowest BCUT2D eigenvalue weighted by atomic mass is 9.94. The van der Waals surface area contributed by atoms with Crippen LogP contribution in [0.4, 0.5) is 5.69 Å². The second-order valence-electron chi connectivity index (χ2n) is 8.59. The van der Waals surface area contributed by atoms with E-state index in [0.29, 0.717) is 47.3 Å². The molecule has 0 spiro atoms. The number of fused-ring (bicyclic) bond motifs is 1. The molecule has 2 heterocycles. The quantitative estimate of drug-likeness (QED) is 0.337. The Hall–Kier alpha value is -4.26. The van der Waals surface area contributed by atoms with Crippen LogP contribution >= 0.6 is 0 Å². The van der Waals surface area contributed by atoms with Crippen LogP contribution in [0.3, 0.4) is 0 Å². The van der Waals surface area contributed by atoms with Gasteiger partial charge in [0.2, 0.25) is 0 Å². The summed E-state index contributed by atoms with van der Waals surface area (Å²) in [6.45, 7) is 4.65. The Labute approximate surface area is 203 Å². The molecule has 3 aromatic carbocycles. The van der Waals surface area contributed by atoms with Gasteiger partial charge in [-0.05, 0) is 66.9 Å². The molecular formula is C28H25NO6. The minimum atomic E-state index is -0.824. The van der Waals surface area contributed by atoms with Crippen molar-refractivity contribution in [3.63, 3.8) is 0 Å². The summed E-state index contributed by atoms with van der Waals surface area (Å²) in [5.41, 5.74) is 3.46. The molecule has 0 bridgehead atoms. The Morgan fingerprint density at radius 1 is 0.943 bits per heavy atom. The van der Waals surface area contributed by atoms with Gasteiger partial charge in [-0.15, -0.1) is 0 Å². The first-order valence-electron chi connectivity index (χ1n) is 11.3. The molecule has 1 saturated heterocycles. The SMILES string of the molecule is COc1ccc(C2/C(=C(/O)c3ccc4c(c3)OCCO4)C(=O)C(=O)N2c2cc(C)ccc2C)cc1. The molecule has 0 saturated carbocycles. The van der Waals surface area contributed by atoms with E-state index in [4.69, 9.17) is 14.2 Å². The van der Waals surface area contributed by atoms with Crippen LogP contribution in [-0.4, -0.2) is 37.1 Å². The van der Waals surface area contributed by atoms with Crippen LogP contribution in [-0.2, 0) is 9.59 Å². The van der Waals surface area contributed by atoms with Gasteiger partial charge in [-0.1, -0.05) is 24.3 Å². The normalized spacial score (nSPS) is 18.6. The summed E-state index contributed by atoms with van der Waals surface area (Å²) in [5.74, 6) is -0.0312. The van der Waals surface area contributed by atoms with Gasteiger partial charge < -0.3 is 19.3 Å². The highest BCUT2D eigenvalue weighted by Gasteiger charge is 2.47. The van der Waals surface area contributed by atoms with Crippen LogP contribution in [0.2, 0.25) is 0 Å². The van der Waals surface area contributed by atoms with Crippen LogP contribution in [0, 0.1) is 13.8 Å². The maximum atomic E-state index is 13.4. The third kappa shape index (κ3) is 3.89. The van der Waals surface area contributed by atoms with E-state index in [2.05, 4.69) is 0 Å². The minimum absolute atomic E-state index is 0.0118. The fourth-order valence-electron chi connectivity index (χ4n) is 4.51. The van der Waals surface area contributed by atoms with Crippen molar-refractivity contribution in [3.05, 3.63) is 88.5 Å². The van der Waals surface area contributed by atoms with E-state index in [1.165, 1.54) is 4.90 Å². The summed E-state index contributed by atoms with van der Waals surface area (Å²) in [4.78, 5) is 28.3. The van der Waals surface area contributed by atoms with Gasteiger partial charge in [0.25, 0.3) is 11.7 Å². The number of hydrogen-bond donors (Lipinski definition) is 1. The molecule has 2 aliphatic rings. The zero-order chi connectivity index (χ0) is 24.7. The third-order valence-corrected chi connectivity index (χ3v) is 6.32. The van der Waals surface area contributed by atoms with Crippen molar-refractivity contribution in [2.24, 2.45) is 0 Å². The van der Waals surface area contributed by atoms with E-state index in [9.17, 15) is 14.7 Å². The summed E-state index contributed by atoms with van der Waals surface area (Å²) >= 11 is 0. The lowest BCUT2D eigenvalue weighted by Crippen LogP contribution is -2.30. The van der Waals surface area contributed by atoms with E-state index >= 15 is 0 Å². The number of anilines is 1. The van der Waals surface area contributed by atoms with Gasteiger partial charge >= 0.3 is 0 Å². The number of aryl methyl sites for hydroxylation is 2. The van der Waals surface area contributed by atoms with Gasteiger partial charge in [-0.3, -0.25) is 14.5 Å². The fraction of sp³-hybridized carbons (Fsp3) is 0.214. The molecule has 7 heteroatoms. The molecule has 5 rings (SSSR count). The third-order valence-electron chi connectivity index (χ3n) is 6.32. The Morgan fingerprint density at radius 3 is 2.37 bits per heavy atom. The number of aliphatic hydroxyl groups excluding tert-OH is 1. The molecule has 1 fully saturated rings. The molecule has 1 atom stereocenters. The van der Waals surface area contributed by atoms with Crippen molar-refractivity contribution in [1.82, 2.24) is 0 Å². The van der Waals surface area contributed by atoms with Crippen molar-refractivity contribution in [2.45, 2.75) is 19.9 Å². The largest absolute Gasteiger partial charge is 0.507 e. The van der Waals surface area contributed by atoms with Crippen molar-refractivity contribution < 1.29 is 28.9 Å². The average Bonchev–Trinajstić information content (AvgIpc) is 3.14. The molecule has 0 aromatic heterocycles. The van der Waals surface area contributed by atoms with Gasteiger partial charge in [0.1, 0.15) is 24.7 Å². The van der Waals surface area contributed by atoms with Gasteiger partial charge in [-0.25, -0.2) is 0 Å². The van der Waals surface area contributed by atoms with Crippen LogP contribution in [0.15, 0.2) is 66.2 Å². The second-order valence-corrected chi connectivity index (χ2v) is 8.59. The Morgan fingerprint density at radius 2 is 1.66 bits per heavy atom. The average molecular weight is 472 g/mol. The first-order valence-corrected chi connectivity index (χ1v) is 11.3. The van der Waals surface area contributed by atoms with E-state index in [1.54, 1.807) is 49.6 Å². The van der Waals surface area contributed by atoms with Crippen molar-refractivity contribution in [3.8, 4) is 17.2 Å². The number of ether oxygens (including phenoxy) is 3. The maximum Gasteiger partial charge on any atom is 0.300 e. The smallest absolute Gasteiger partial charge is 0.300 e. The van der Waals surface area contributed by atoms with E-state index in [-0.39, 0.29) is 11.3 Å². The molecule has 178 valence electrons. The maximum absolute atomic E-state index is 13.4. The predicted octanol–water partition coefficient (Wildman–Crippen LogP) is 4.71. The number of benzene rings is 3. The number of nitrogens with zero attached hydrogens (tertiary/aromatic N) is 1. The number of amides is 1. The minimum Gasteiger partial charge on any atom is -0.507 e. The molecule has 0 radical (unpaired) electrons. The number of carbonyl (C=O) groups excluding carboxylic acids is 2. The second kappa shape index (κ2) is 8.83. The standard InChI is InChI=1S/C28H25NO6/c1-16-4-5-17(2)21(14-16)29-25(18-6-9-20(33-3)10-7-18)24(27(31)28(29)32)26(30)19-8-11-22-23(15-19)35-13-12-34-22/h4-11,14-15,25,30H,12-13H2,1-3H3/b26-24-. The summed E-state index contributed by atoms with van der Waals surface area (Å²) in [6.07, 6.45) is 0. The lowest BCUT2D eigenvalue weighted by molar-refractivity contribution is -0.132. The molecule has 7 nitrogen and oxygen atoms in total. The Bertz CT molecular complexity index is 1360. The fourth-order valence-corrected chi connectivity index (χ4v) is 4.51. The number of ketones is 1. The molecule has 1 unspecified atom stereocenters. The van der Waals surface area contributed by atoms with Crippen LogP contribution in [0.25, 0.3) is 5.76 Å². The highest BCUT2D eigenvalue weighted by atomic mass is 16.6. The molecule has 0 aliphatic carbocycles. The van der Waals surface area contributed by atoms with E-state index in [1.807, 2.05) is 32.0 Å². The van der Waals surface area contributed by atoms with E-state index in [0.717, 1.165) is 11.1 Å². The highest BCUT2D eigenvalue weighted by molar-refractivity contribution is 6.51. The molecule has 1 N–H and O–H groups in total. The van der Waals surface area contributed by atoms with Crippen molar-refractivity contribution >= 4 is 23.1 Å². The predicted molar refractivity (Wildman–Crippen MR) is 131 cm³/mol. The van der Waals surface area contributed by atoms with Gasteiger partial charge in [-0.2, -0.15) is 0 Å². The summed E-state index contributed by atoms with van der Waals surface area (Å²) in [7, 11) is 1.57. The molecular weight excluding hydrogens is 446 g/mol. The molecule has 2 aliphatic heterocycles. The first kappa shape index (κ1) is 22.5.